The van der Waals surface area contributed by atoms with Gasteiger partial charge in [-0.1, -0.05) is 25.4 Å². The molecule has 2 atom stereocenters. The summed E-state index contributed by atoms with van der Waals surface area (Å²) in [6.45, 7) is 3.08. The number of rotatable bonds is 4. The normalized spacial score (nSPS) is 13.8. The highest BCUT2D eigenvalue weighted by Gasteiger charge is 2.26. The third kappa shape index (κ3) is 3.71. The Morgan fingerprint density at radius 1 is 1.33 bits per heavy atom. The molecule has 0 bridgehead atoms. The van der Waals surface area contributed by atoms with Crippen molar-refractivity contribution in [3.63, 3.8) is 0 Å². The average molecular weight is 335 g/mol. The van der Waals surface area contributed by atoms with E-state index in [2.05, 4.69) is 21.2 Å². The standard InChI is InChI=1S/C12H13BrClNO3/c1-6(7(2)12(17)18)11(16)15-10-4-3-8(14)5-9(10)13/h3-7H,1-2H3,(H,15,16)(H,17,18). The van der Waals surface area contributed by atoms with Crippen molar-refractivity contribution >= 4 is 45.1 Å². The maximum atomic E-state index is 11.9. The topological polar surface area (TPSA) is 66.4 Å². The highest BCUT2D eigenvalue weighted by Crippen LogP contribution is 2.26. The van der Waals surface area contributed by atoms with E-state index < -0.39 is 17.8 Å². The molecule has 0 aromatic heterocycles. The van der Waals surface area contributed by atoms with Gasteiger partial charge in [-0.15, -0.1) is 0 Å². The second kappa shape index (κ2) is 6.20. The second-order valence-electron chi connectivity index (χ2n) is 4.03. The lowest BCUT2D eigenvalue weighted by Gasteiger charge is -2.16. The molecule has 2 N–H and O–H groups in total. The zero-order chi connectivity index (χ0) is 13.9. The highest BCUT2D eigenvalue weighted by atomic mass is 79.9. The molecule has 0 fully saturated rings. The molecule has 0 aliphatic carbocycles. The van der Waals surface area contributed by atoms with Crippen LogP contribution in [0.1, 0.15) is 13.8 Å². The quantitative estimate of drug-likeness (QED) is 0.887. The summed E-state index contributed by atoms with van der Waals surface area (Å²) in [4.78, 5) is 22.7. The maximum absolute atomic E-state index is 11.9. The number of halogens is 2. The van der Waals surface area contributed by atoms with Crippen LogP contribution >= 0.6 is 27.5 Å². The van der Waals surface area contributed by atoms with Crippen molar-refractivity contribution in [2.45, 2.75) is 13.8 Å². The van der Waals surface area contributed by atoms with E-state index in [1.54, 1.807) is 25.1 Å². The van der Waals surface area contributed by atoms with E-state index in [0.717, 1.165) is 0 Å². The minimum Gasteiger partial charge on any atom is -0.481 e. The van der Waals surface area contributed by atoms with Crippen LogP contribution in [-0.4, -0.2) is 17.0 Å². The van der Waals surface area contributed by atoms with Gasteiger partial charge in [0.25, 0.3) is 0 Å². The summed E-state index contributed by atoms with van der Waals surface area (Å²) in [5.74, 6) is -2.69. The summed E-state index contributed by atoms with van der Waals surface area (Å²) in [7, 11) is 0. The lowest BCUT2D eigenvalue weighted by atomic mass is 9.95. The first-order valence-corrected chi connectivity index (χ1v) is 6.48. The van der Waals surface area contributed by atoms with Gasteiger partial charge in [-0.25, -0.2) is 0 Å². The molecule has 1 aromatic rings. The van der Waals surface area contributed by atoms with E-state index in [0.29, 0.717) is 15.2 Å². The molecule has 1 aromatic carbocycles. The SMILES string of the molecule is CC(C(=O)O)C(C)C(=O)Nc1ccc(Cl)cc1Br. The summed E-state index contributed by atoms with van der Waals surface area (Å²) in [5.41, 5.74) is 0.564. The Bertz CT molecular complexity index is 478. The molecule has 0 aliphatic heterocycles. The molecule has 0 radical (unpaired) electrons. The van der Waals surface area contributed by atoms with Crippen molar-refractivity contribution in [3.8, 4) is 0 Å². The Balaban J connectivity index is 2.78. The van der Waals surface area contributed by atoms with Gasteiger partial charge >= 0.3 is 5.97 Å². The van der Waals surface area contributed by atoms with Gasteiger partial charge in [0, 0.05) is 15.4 Å². The Hall–Kier alpha value is -1.07. The van der Waals surface area contributed by atoms with Gasteiger partial charge in [-0.3, -0.25) is 9.59 Å². The molecule has 4 nitrogen and oxygen atoms in total. The number of carboxylic acid groups (broad SMARTS) is 1. The van der Waals surface area contributed by atoms with Gasteiger partial charge in [-0.05, 0) is 34.1 Å². The predicted molar refractivity (Wildman–Crippen MR) is 73.7 cm³/mol. The van der Waals surface area contributed by atoms with Crippen molar-refractivity contribution < 1.29 is 14.7 Å². The van der Waals surface area contributed by atoms with Crippen molar-refractivity contribution in [1.82, 2.24) is 0 Å². The number of aliphatic carboxylic acids is 1. The summed E-state index contributed by atoms with van der Waals surface area (Å²) < 4.78 is 0.651. The van der Waals surface area contributed by atoms with Crippen molar-refractivity contribution in [3.05, 3.63) is 27.7 Å². The molecule has 18 heavy (non-hydrogen) atoms. The van der Waals surface area contributed by atoms with Gasteiger partial charge in [0.15, 0.2) is 0 Å². The molecule has 0 heterocycles. The van der Waals surface area contributed by atoms with Gasteiger partial charge < -0.3 is 10.4 Å². The molecule has 2 unspecified atom stereocenters. The Kier molecular flexibility index (Phi) is 5.16. The number of amides is 1. The van der Waals surface area contributed by atoms with Crippen LogP contribution in [0.4, 0.5) is 5.69 Å². The van der Waals surface area contributed by atoms with Crippen LogP contribution in [0.5, 0.6) is 0 Å². The second-order valence-corrected chi connectivity index (χ2v) is 5.32. The van der Waals surface area contributed by atoms with E-state index in [1.165, 1.54) is 6.92 Å². The fourth-order valence-corrected chi connectivity index (χ4v) is 2.06. The number of benzene rings is 1. The first kappa shape index (κ1) is 15.0. The van der Waals surface area contributed by atoms with E-state index in [1.807, 2.05) is 0 Å². The number of carboxylic acids is 1. The molecule has 0 saturated carbocycles. The van der Waals surface area contributed by atoms with Crippen molar-refractivity contribution in [1.29, 1.82) is 0 Å². The van der Waals surface area contributed by atoms with Crippen LogP contribution in [0.2, 0.25) is 5.02 Å². The summed E-state index contributed by atoms with van der Waals surface area (Å²) in [6, 6.07) is 4.96. The van der Waals surface area contributed by atoms with Crippen LogP contribution in [0, 0.1) is 11.8 Å². The number of carbonyl (C=O) groups is 2. The lowest BCUT2D eigenvalue weighted by molar-refractivity contribution is -0.145. The van der Waals surface area contributed by atoms with E-state index in [-0.39, 0.29) is 5.91 Å². The van der Waals surface area contributed by atoms with Crippen molar-refractivity contribution in [2.24, 2.45) is 11.8 Å². The molecule has 6 heteroatoms. The molecule has 98 valence electrons. The summed E-state index contributed by atoms with van der Waals surface area (Å²) in [6.07, 6.45) is 0. The molecular formula is C12H13BrClNO3. The Labute approximate surface area is 118 Å². The predicted octanol–water partition coefficient (Wildman–Crippen LogP) is 3.40. The Morgan fingerprint density at radius 3 is 2.44 bits per heavy atom. The number of nitrogens with one attached hydrogen (secondary N) is 1. The largest absolute Gasteiger partial charge is 0.481 e. The monoisotopic (exact) mass is 333 g/mol. The number of hydrogen-bond acceptors (Lipinski definition) is 2. The lowest BCUT2D eigenvalue weighted by Crippen LogP contribution is -2.30. The summed E-state index contributed by atoms with van der Waals surface area (Å²) in [5, 5.41) is 12.1. The van der Waals surface area contributed by atoms with Crippen LogP contribution in [0.25, 0.3) is 0 Å². The van der Waals surface area contributed by atoms with E-state index in [9.17, 15) is 9.59 Å². The van der Waals surface area contributed by atoms with Gasteiger partial charge in [-0.2, -0.15) is 0 Å². The third-order valence-corrected chi connectivity index (χ3v) is 3.63. The van der Waals surface area contributed by atoms with Crippen LogP contribution < -0.4 is 5.32 Å². The van der Waals surface area contributed by atoms with Crippen LogP contribution in [0.15, 0.2) is 22.7 Å². The average Bonchev–Trinajstić information content (AvgIpc) is 2.30. The third-order valence-electron chi connectivity index (χ3n) is 2.74. The molecule has 0 spiro atoms. The summed E-state index contributed by atoms with van der Waals surface area (Å²) >= 11 is 9.06. The number of hydrogen-bond donors (Lipinski definition) is 2. The van der Waals surface area contributed by atoms with Gasteiger partial charge in [0.1, 0.15) is 0 Å². The zero-order valence-corrected chi connectivity index (χ0v) is 12.2. The number of carbonyl (C=O) groups excluding carboxylic acids is 1. The van der Waals surface area contributed by atoms with E-state index in [4.69, 9.17) is 16.7 Å². The first-order chi connectivity index (χ1) is 8.32. The van der Waals surface area contributed by atoms with E-state index >= 15 is 0 Å². The molecule has 1 rings (SSSR count). The molecule has 1 amide bonds. The minimum absolute atomic E-state index is 0.340. The molecule has 0 aliphatic rings. The fourth-order valence-electron chi connectivity index (χ4n) is 1.28. The highest BCUT2D eigenvalue weighted by molar-refractivity contribution is 9.10. The van der Waals surface area contributed by atoms with Crippen LogP contribution in [0.3, 0.4) is 0 Å². The smallest absolute Gasteiger partial charge is 0.307 e. The first-order valence-electron chi connectivity index (χ1n) is 5.31. The minimum atomic E-state index is -0.993. The molecule has 0 saturated heterocycles. The Morgan fingerprint density at radius 2 is 1.94 bits per heavy atom. The van der Waals surface area contributed by atoms with Crippen molar-refractivity contribution in [2.75, 3.05) is 5.32 Å². The maximum Gasteiger partial charge on any atom is 0.307 e. The zero-order valence-electron chi connectivity index (χ0n) is 9.91. The molecular weight excluding hydrogens is 321 g/mol. The van der Waals surface area contributed by atoms with Gasteiger partial charge in [0.05, 0.1) is 11.6 Å². The van der Waals surface area contributed by atoms with Gasteiger partial charge in [0.2, 0.25) is 5.91 Å². The fraction of sp³-hybridized carbons (Fsp3) is 0.333. The van der Waals surface area contributed by atoms with Crippen LogP contribution in [-0.2, 0) is 9.59 Å². The number of anilines is 1.